The van der Waals surface area contributed by atoms with E-state index in [1.807, 2.05) is 0 Å². The number of rotatable bonds is 6. The molecule has 22 heavy (non-hydrogen) atoms. The normalized spacial score (nSPS) is 18.2. The van der Waals surface area contributed by atoms with E-state index in [1.165, 1.54) is 10.6 Å². The van der Waals surface area contributed by atoms with Crippen LogP contribution in [0.15, 0.2) is 29.2 Å². The molecule has 2 heterocycles. The van der Waals surface area contributed by atoms with E-state index < -0.39 is 5.97 Å². The van der Waals surface area contributed by atoms with Gasteiger partial charge in [0.2, 0.25) is 5.91 Å². The molecule has 2 rings (SSSR count). The van der Waals surface area contributed by atoms with Gasteiger partial charge in [-0.05, 0) is 31.7 Å². The molecular weight excluding hydrogens is 284 g/mol. The molecule has 0 aromatic carbocycles. The molecule has 1 N–H and O–H groups in total. The maximum absolute atomic E-state index is 12.4. The van der Waals surface area contributed by atoms with E-state index in [0.717, 1.165) is 19.3 Å². The third-order valence-corrected chi connectivity index (χ3v) is 4.10. The van der Waals surface area contributed by atoms with Crippen molar-refractivity contribution >= 4 is 11.9 Å². The van der Waals surface area contributed by atoms with Crippen LogP contribution in [-0.4, -0.2) is 39.0 Å². The van der Waals surface area contributed by atoms with Crippen LogP contribution in [0.3, 0.4) is 0 Å². The zero-order valence-corrected chi connectivity index (χ0v) is 12.6. The van der Waals surface area contributed by atoms with Crippen LogP contribution in [0.4, 0.5) is 0 Å². The smallest absolute Gasteiger partial charge is 0.303 e. The molecule has 0 radical (unpaired) electrons. The fourth-order valence-electron chi connectivity index (χ4n) is 2.92. The number of likely N-dealkylation sites (tertiary alicyclic amines) is 1. The molecule has 0 bridgehead atoms. The van der Waals surface area contributed by atoms with Gasteiger partial charge in [0.1, 0.15) is 0 Å². The number of amides is 1. The monoisotopic (exact) mass is 306 g/mol. The Morgan fingerprint density at radius 3 is 2.77 bits per heavy atom. The van der Waals surface area contributed by atoms with Gasteiger partial charge in [-0.3, -0.25) is 14.4 Å². The first-order valence-electron chi connectivity index (χ1n) is 7.74. The topological polar surface area (TPSA) is 79.6 Å². The number of aromatic nitrogens is 1. The molecule has 0 spiro atoms. The van der Waals surface area contributed by atoms with Crippen LogP contribution in [0.1, 0.15) is 38.5 Å². The molecule has 6 heteroatoms. The lowest BCUT2D eigenvalue weighted by molar-refractivity contribution is -0.140. The van der Waals surface area contributed by atoms with E-state index in [4.69, 9.17) is 5.11 Å². The highest BCUT2D eigenvalue weighted by molar-refractivity contribution is 5.76. The Morgan fingerprint density at radius 1 is 1.23 bits per heavy atom. The summed E-state index contributed by atoms with van der Waals surface area (Å²) in [5.74, 6) is -0.820. The van der Waals surface area contributed by atoms with E-state index in [1.54, 1.807) is 23.2 Å². The maximum atomic E-state index is 12.4. The van der Waals surface area contributed by atoms with Crippen molar-refractivity contribution in [1.29, 1.82) is 0 Å². The summed E-state index contributed by atoms with van der Waals surface area (Å²) in [7, 11) is 0. The van der Waals surface area contributed by atoms with Gasteiger partial charge in [-0.1, -0.05) is 6.07 Å². The van der Waals surface area contributed by atoms with Crippen molar-refractivity contribution in [3.05, 3.63) is 34.7 Å². The summed E-state index contributed by atoms with van der Waals surface area (Å²) in [6.07, 6.45) is 5.40. The number of carbonyl (C=O) groups is 2. The number of carbonyl (C=O) groups excluding carboxylic acids is 1. The average Bonchev–Trinajstić information content (AvgIpc) is 2.52. The minimum Gasteiger partial charge on any atom is -0.481 e. The Labute approximate surface area is 129 Å². The summed E-state index contributed by atoms with van der Waals surface area (Å²) in [5, 5.41) is 8.81. The van der Waals surface area contributed by atoms with Crippen LogP contribution in [0.25, 0.3) is 0 Å². The van der Waals surface area contributed by atoms with Gasteiger partial charge in [-0.15, -0.1) is 0 Å². The number of hydrogen-bond acceptors (Lipinski definition) is 3. The van der Waals surface area contributed by atoms with E-state index in [-0.39, 0.29) is 30.3 Å². The fraction of sp³-hybridized carbons (Fsp3) is 0.562. The molecule has 1 fully saturated rings. The summed E-state index contributed by atoms with van der Waals surface area (Å²) in [5.41, 5.74) is -0.114. The molecule has 0 aliphatic carbocycles. The second-order valence-corrected chi connectivity index (χ2v) is 5.65. The van der Waals surface area contributed by atoms with Gasteiger partial charge in [0.05, 0.1) is 0 Å². The lowest BCUT2D eigenvalue weighted by Gasteiger charge is -2.35. The van der Waals surface area contributed by atoms with Gasteiger partial charge in [0.25, 0.3) is 5.56 Å². The van der Waals surface area contributed by atoms with E-state index >= 15 is 0 Å². The van der Waals surface area contributed by atoms with Gasteiger partial charge in [0.15, 0.2) is 0 Å². The van der Waals surface area contributed by atoms with Crippen molar-refractivity contribution in [2.45, 2.75) is 51.1 Å². The second kappa shape index (κ2) is 7.77. The Bertz CT molecular complexity index is 582. The molecular formula is C16H22N2O4. The van der Waals surface area contributed by atoms with Crippen molar-refractivity contribution in [2.24, 2.45) is 0 Å². The van der Waals surface area contributed by atoms with Gasteiger partial charge in [0, 0.05) is 44.2 Å². The van der Waals surface area contributed by atoms with E-state index in [9.17, 15) is 14.4 Å². The largest absolute Gasteiger partial charge is 0.481 e. The molecule has 1 amide bonds. The van der Waals surface area contributed by atoms with Crippen LogP contribution < -0.4 is 5.56 Å². The van der Waals surface area contributed by atoms with Gasteiger partial charge in [-0.2, -0.15) is 0 Å². The first-order chi connectivity index (χ1) is 10.6. The Balaban J connectivity index is 1.92. The molecule has 1 aliphatic rings. The molecule has 1 aromatic heterocycles. The predicted octanol–water partition coefficient (Wildman–Crippen LogP) is 1.48. The van der Waals surface area contributed by atoms with Crippen molar-refractivity contribution in [3.63, 3.8) is 0 Å². The van der Waals surface area contributed by atoms with Gasteiger partial charge >= 0.3 is 5.97 Å². The lowest BCUT2D eigenvalue weighted by atomic mass is 9.97. The average molecular weight is 306 g/mol. The van der Waals surface area contributed by atoms with E-state index in [2.05, 4.69) is 0 Å². The molecule has 0 saturated carbocycles. The lowest BCUT2D eigenvalue weighted by Crippen LogP contribution is -2.44. The Hall–Kier alpha value is -2.11. The standard InChI is InChI=1S/C16H22N2O4/c19-14-6-2-3-10-17(14)12-9-15(20)18-11-4-1-5-13(18)7-8-16(21)22/h2-3,6,10,13H,1,4-5,7-9,11-12H2,(H,21,22)/t13-/m0/s1. The fourth-order valence-corrected chi connectivity index (χ4v) is 2.92. The van der Waals surface area contributed by atoms with E-state index in [0.29, 0.717) is 19.5 Å². The minimum atomic E-state index is -0.825. The molecule has 1 atom stereocenters. The molecule has 6 nitrogen and oxygen atoms in total. The first-order valence-corrected chi connectivity index (χ1v) is 7.74. The number of aryl methyl sites for hydroxylation is 1. The number of piperidine rings is 1. The van der Waals surface area contributed by atoms with Crippen molar-refractivity contribution in [3.8, 4) is 0 Å². The maximum Gasteiger partial charge on any atom is 0.303 e. The first kappa shape index (κ1) is 16.3. The highest BCUT2D eigenvalue weighted by Crippen LogP contribution is 2.21. The molecule has 1 aromatic rings. The number of hydrogen-bond donors (Lipinski definition) is 1. The molecule has 120 valence electrons. The summed E-state index contributed by atoms with van der Waals surface area (Å²) in [4.78, 5) is 36.6. The summed E-state index contributed by atoms with van der Waals surface area (Å²) in [6, 6.07) is 4.93. The number of nitrogens with zero attached hydrogens (tertiary/aromatic N) is 2. The quantitative estimate of drug-likeness (QED) is 0.863. The SMILES string of the molecule is O=C(O)CC[C@@H]1CCCCN1C(=O)CCn1ccccc1=O. The van der Waals surface area contributed by atoms with Crippen LogP contribution in [0.2, 0.25) is 0 Å². The predicted molar refractivity (Wildman–Crippen MR) is 81.5 cm³/mol. The molecule has 0 unspecified atom stereocenters. The summed E-state index contributed by atoms with van der Waals surface area (Å²) < 4.78 is 1.52. The van der Waals surface area contributed by atoms with Crippen LogP contribution in [-0.2, 0) is 16.1 Å². The highest BCUT2D eigenvalue weighted by Gasteiger charge is 2.26. The van der Waals surface area contributed by atoms with Crippen LogP contribution >= 0.6 is 0 Å². The summed E-state index contributed by atoms with van der Waals surface area (Å²) >= 11 is 0. The van der Waals surface area contributed by atoms with Crippen molar-refractivity contribution in [1.82, 2.24) is 9.47 Å². The zero-order valence-electron chi connectivity index (χ0n) is 12.6. The summed E-state index contributed by atoms with van der Waals surface area (Å²) in [6.45, 7) is 1.05. The molecule has 1 saturated heterocycles. The number of carboxylic acid groups (broad SMARTS) is 1. The van der Waals surface area contributed by atoms with Crippen LogP contribution in [0, 0.1) is 0 Å². The van der Waals surface area contributed by atoms with Gasteiger partial charge in [-0.25, -0.2) is 0 Å². The number of aliphatic carboxylic acids is 1. The second-order valence-electron chi connectivity index (χ2n) is 5.65. The third-order valence-electron chi connectivity index (χ3n) is 4.10. The highest BCUT2D eigenvalue weighted by atomic mass is 16.4. The Kier molecular flexibility index (Phi) is 5.75. The minimum absolute atomic E-state index is 0.00541. The Morgan fingerprint density at radius 2 is 2.05 bits per heavy atom. The third kappa shape index (κ3) is 4.44. The number of pyridine rings is 1. The molecule has 1 aliphatic heterocycles. The van der Waals surface area contributed by atoms with Crippen LogP contribution in [0.5, 0.6) is 0 Å². The number of carboxylic acids is 1. The van der Waals surface area contributed by atoms with Crippen molar-refractivity contribution < 1.29 is 14.7 Å². The van der Waals surface area contributed by atoms with Gasteiger partial charge < -0.3 is 14.6 Å². The zero-order chi connectivity index (χ0) is 15.9. The van der Waals surface area contributed by atoms with Crippen molar-refractivity contribution in [2.75, 3.05) is 6.54 Å².